The van der Waals surface area contributed by atoms with Crippen molar-refractivity contribution in [3.63, 3.8) is 0 Å². The third-order valence-electron chi connectivity index (χ3n) is 2.59. The quantitative estimate of drug-likeness (QED) is 0.652. The lowest BCUT2D eigenvalue weighted by Gasteiger charge is -2.24. The minimum absolute atomic E-state index is 0.291. The van der Waals surface area contributed by atoms with Gasteiger partial charge in [0.2, 0.25) is 5.91 Å². The van der Waals surface area contributed by atoms with Crippen LogP contribution in [-0.4, -0.2) is 42.5 Å². The van der Waals surface area contributed by atoms with Crippen LogP contribution in [0.2, 0.25) is 0 Å². The third-order valence-corrected chi connectivity index (χ3v) is 2.59. The smallest absolute Gasteiger partial charge is 0.222 e. The van der Waals surface area contributed by atoms with Crippen LogP contribution in [0.4, 0.5) is 0 Å². The Bertz CT molecular complexity index is 196. The zero-order chi connectivity index (χ0) is 10.6. The number of carbonyl (C=O) groups is 1. The van der Waals surface area contributed by atoms with E-state index in [1.165, 1.54) is 0 Å². The molecule has 0 radical (unpaired) electrons. The zero-order valence-electron chi connectivity index (χ0n) is 9.12. The maximum Gasteiger partial charge on any atom is 0.222 e. The molecule has 1 aliphatic heterocycles. The molecule has 4 nitrogen and oxygen atoms in total. The molecule has 2 atom stereocenters. The van der Waals surface area contributed by atoms with Crippen molar-refractivity contribution in [3.05, 3.63) is 0 Å². The number of likely N-dealkylation sites (tertiary alicyclic amines) is 1. The van der Waals surface area contributed by atoms with Gasteiger partial charge in [-0.3, -0.25) is 4.79 Å². The summed E-state index contributed by atoms with van der Waals surface area (Å²) in [5, 5.41) is 3.36. The van der Waals surface area contributed by atoms with Gasteiger partial charge in [-0.25, -0.2) is 0 Å². The summed E-state index contributed by atoms with van der Waals surface area (Å²) in [5.74, 6) is 0.291. The fraction of sp³-hybridized carbons (Fsp3) is 0.900. The van der Waals surface area contributed by atoms with Crippen molar-refractivity contribution in [2.45, 2.75) is 38.8 Å². The molecule has 1 saturated heterocycles. The van der Waals surface area contributed by atoms with Crippen molar-refractivity contribution >= 4 is 5.91 Å². The topological polar surface area (TPSA) is 58.4 Å². The zero-order valence-corrected chi connectivity index (χ0v) is 9.12. The second kappa shape index (κ2) is 5.32. The Morgan fingerprint density at radius 1 is 1.50 bits per heavy atom. The lowest BCUT2D eigenvalue weighted by Crippen LogP contribution is -2.45. The van der Waals surface area contributed by atoms with Crippen molar-refractivity contribution in [3.8, 4) is 0 Å². The summed E-state index contributed by atoms with van der Waals surface area (Å²) in [6.45, 7) is 6.52. The van der Waals surface area contributed by atoms with Gasteiger partial charge in [0.15, 0.2) is 0 Å². The molecule has 1 aliphatic rings. The fourth-order valence-corrected chi connectivity index (χ4v) is 1.83. The van der Waals surface area contributed by atoms with Crippen molar-refractivity contribution in [1.82, 2.24) is 10.2 Å². The van der Waals surface area contributed by atoms with Gasteiger partial charge >= 0.3 is 0 Å². The normalized spacial score (nSPS) is 21.4. The Morgan fingerprint density at radius 3 is 2.71 bits per heavy atom. The van der Waals surface area contributed by atoms with Gasteiger partial charge in [0.05, 0.1) is 0 Å². The lowest BCUT2D eigenvalue weighted by molar-refractivity contribution is -0.127. The molecule has 1 heterocycles. The van der Waals surface area contributed by atoms with E-state index in [2.05, 4.69) is 19.2 Å². The highest BCUT2D eigenvalue weighted by atomic mass is 16.2. The molecule has 0 spiro atoms. The number of hydrogen-bond acceptors (Lipinski definition) is 3. The molecule has 0 aliphatic carbocycles. The van der Waals surface area contributed by atoms with E-state index >= 15 is 0 Å². The van der Waals surface area contributed by atoms with E-state index in [1.54, 1.807) is 0 Å². The molecule has 14 heavy (non-hydrogen) atoms. The van der Waals surface area contributed by atoms with Crippen LogP contribution in [0.15, 0.2) is 0 Å². The first kappa shape index (κ1) is 11.5. The lowest BCUT2D eigenvalue weighted by atomic mass is 10.2. The summed E-state index contributed by atoms with van der Waals surface area (Å²) >= 11 is 0. The van der Waals surface area contributed by atoms with Crippen LogP contribution in [0, 0.1) is 0 Å². The van der Waals surface area contributed by atoms with Crippen molar-refractivity contribution in [1.29, 1.82) is 0 Å². The maximum absolute atomic E-state index is 11.3. The third kappa shape index (κ3) is 3.27. The van der Waals surface area contributed by atoms with Crippen LogP contribution in [0.5, 0.6) is 0 Å². The van der Waals surface area contributed by atoms with Crippen LogP contribution < -0.4 is 11.1 Å². The van der Waals surface area contributed by atoms with Gasteiger partial charge in [-0.15, -0.1) is 0 Å². The molecule has 0 bridgehead atoms. The Balaban J connectivity index is 2.25. The molecule has 0 aromatic heterocycles. The molecule has 3 N–H and O–H groups in total. The monoisotopic (exact) mass is 199 g/mol. The van der Waals surface area contributed by atoms with Crippen LogP contribution in [0.1, 0.15) is 26.7 Å². The first-order valence-electron chi connectivity index (χ1n) is 5.37. The Labute approximate surface area is 85.8 Å². The summed E-state index contributed by atoms with van der Waals surface area (Å²) in [6.07, 6.45) is 1.73. The average Bonchev–Trinajstić information content (AvgIpc) is 2.51. The second-order valence-electron chi connectivity index (χ2n) is 4.15. The van der Waals surface area contributed by atoms with E-state index in [0.29, 0.717) is 24.5 Å². The van der Waals surface area contributed by atoms with Gasteiger partial charge < -0.3 is 16.0 Å². The Kier molecular flexibility index (Phi) is 4.35. The first-order chi connectivity index (χ1) is 6.63. The van der Waals surface area contributed by atoms with Crippen molar-refractivity contribution < 1.29 is 4.79 Å². The standard InChI is InChI=1S/C10H21N3O/c1-8(6-11)12-9(2)7-13-5-3-4-10(13)14/h8-9,12H,3-7,11H2,1-2H3. The predicted octanol–water partition coefficient (Wildman–Crippen LogP) is -0.0659. The van der Waals surface area contributed by atoms with E-state index in [4.69, 9.17) is 5.73 Å². The van der Waals surface area contributed by atoms with Crippen LogP contribution >= 0.6 is 0 Å². The van der Waals surface area contributed by atoms with Gasteiger partial charge in [-0.1, -0.05) is 0 Å². The second-order valence-corrected chi connectivity index (χ2v) is 4.15. The van der Waals surface area contributed by atoms with Crippen LogP contribution in [0.25, 0.3) is 0 Å². The molecule has 1 fully saturated rings. The minimum atomic E-state index is 0.291. The number of amides is 1. The summed E-state index contributed by atoms with van der Waals surface area (Å²) in [4.78, 5) is 13.3. The van der Waals surface area contributed by atoms with E-state index in [-0.39, 0.29) is 0 Å². The Hall–Kier alpha value is -0.610. The molecule has 0 aromatic rings. The van der Waals surface area contributed by atoms with Crippen LogP contribution in [-0.2, 0) is 4.79 Å². The number of nitrogens with two attached hydrogens (primary N) is 1. The summed E-state index contributed by atoms with van der Waals surface area (Å²) in [6, 6.07) is 0.651. The average molecular weight is 199 g/mol. The molecular weight excluding hydrogens is 178 g/mol. The maximum atomic E-state index is 11.3. The van der Waals surface area contributed by atoms with E-state index < -0.39 is 0 Å². The van der Waals surface area contributed by atoms with E-state index in [9.17, 15) is 4.79 Å². The van der Waals surface area contributed by atoms with Gasteiger partial charge in [-0.05, 0) is 20.3 Å². The van der Waals surface area contributed by atoms with Crippen LogP contribution in [0.3, 0.4) is 0 Å². The Morgan fingerprint density at radius 2 is 2.21 bits per heavy atom. The van der Waals surface area contributed by atoms with Crippen molar-refractivity contribution in [2.24, 2.45) is 5.73 Å². The number of nitrogens with one attached hydrogen (secondary N) is 1. The molecule has 1 rings (SSSR count). The molecule has 1 amide bonds. The minimum Gasteiger partial charge on any atom is -0.341 e. The highest BCUT2D eigenvalue weighted by molar-refractivity contribution is 5.78. The molecule has 0 aromatic carbocycles. The molecule has 82 valence electrons. The molecule has 0 saturated carbocycles. The van der Waals surface area contributed by atoms with E-state index in [1.807, 2.05) is 4.90 Å². The van der Waals surface area contributed by atoms with Gasteiger partial charge in [0.25, 0.3) is 0 Å². The van der Waals surface area contributed by atoms with Gasteiger partial charge in [-0.2, -0.15) is 0 Å². The number of nitrogens with zero attached hydrogens (tertiary/aromatic N) is 1. The summed E-state index contributed by atoms with van der Waals surface area (Å²) in [5.41, 5.74) is 5.51. The number of carbonyl (C=O) groups excluding carboxylic acids is 1. The van der Waals surface area contributed by atoms with Gasteiger partial charge in [0, 0.05) is 38.1 Å². The predicted molar refractivity (Wildman–Crippen MR) is 56.9 cm³/mol. The summed E-state index contributed by atoms with van der Waals surface area (Å²) < 4.78 is 0. The van der Waals surface area contributed by atoms with E-state index in [0.717, 1.165) is 25.9 Å². The first-order valence-corrected chi connectivity index (χ1v) is 5.37. The largest absolute Gasteiger partial charge is 0.341 e. The molecular formula is C10H21N3O. The fourth-order valence-electron chi connectivity index (χ4n) is 1.83. The molecule has 4 heteroatoms. The van der Waals surface area contributed by atoms with Crippen molar-refractivity contribution in [2.75, 3.05) is 19.6 Å². The summed E-state index contributed by atoms with van der Waals surface area (Å²) in [7, 11) is 0. The molecule has 2 unspecified atom stereocenters. The number of rotatable bonds is 5. The highest BCUT2D eigenvalue weighted by Gasteiger charge is 2.21. The number of hydrogen-bond donors (Lipinski definition) is 2. The van der Waals surface area contributed by atoms with Gasteiger partial charge in [0.1, 0.15) is 0 Å². The SMILES string of the molecule is CC(CN)NC(C)CN1CCCC1=O. The highest BCUT2D eigenvalue weighted by Crippen LogP contribution is 2.09.